The molecule has 0 atom stereocenters. The number of hydrogen-bond acceptors (Lipinski definition) is 6. The van der Waals surface area contributed by atoms with Crippen LogP contribution in [0.2, 0.25) is 0 Å². The van der Waals surface area contributed by atoms with Gasteiger partial charge < -0.3 is 19.8 Å². The van der Waals surface area contributed by atoms with Gasteiger partial charge in [-0.25, -0.2) is 0 Å². The minimum atomic E-state index is 0.392. The standard InChI is InChI=1S/C15H22N4O2/c1-11(2)17-10-14-18-19-15(21-14)16-9-8-12-4-6-13(20-3)7-5-12/h4-7,11,17H,8-10H2,1-3H3,(H,16,19). The molecule has 1 aromatic heterocycles. The van der Waals surface area contributed by atoms with E-state index in [0.717, 1.165) is 18.7 Å². The van der Waals surface area contributed by atoms with Crippen molar-refractivity contribution in [3.05, 3.63) is 35.7 Å². The summed E-state index contributed by atoms with van der Waals surface area (Å²) in [7, 11) is 1.66. The minimum absolute atomic E-state index is 0.392. The molecule has 114 valence electrons. The quantitative estimate of drug-likeness (QED) is 0.777. The highest BCUT2D eigenvalue weighted by Crippen LogP contribution is 2.12. The first-order valence-electron chi connectivity index (χ1n) is 7.10. The number of anilines is 1. The summed E-state index contributed by atoms with van der Waals surface area (Å²) in [6.45, 7) is 5.48. The van der Waals surface area contributed by atoms with Crippen LogP contribution in [0.1, 0.15) is 25.3 Å². The fourth-order valence-electron chi connectivity index (χ4n) is 1.79. The molecule has 21 heavy (non-hydrogen) atoms. The summed E-state index contributed by atoms with van der Waals surface area (Å²) in [5, 5.41) is 14.3. The zero-order valence-corrected chi connectivity index (χ0v) is 12.7. The lowest BCUT2D eigenvalue weighted by molar-refractivity contribution is 0.414. The van der Waals surface area contributed by atoms with Crippen LogP contribution in [-0.2, 0) is 13.0 Å². The summed E-state index contributed by atoms with van der Waals surface area (Å²) in [6, 6.07) is 8.86. The van der Waals surface area contributed by atoms with Gasteiger partial charge in [0.25, 0.3) is 0 Å². The van der Waals surface area contributed by atoms with E-state index in [1.165, 1.54) is 5.56 Å². The van der Waals surface area contributed by atoms with E-state index in [4.69, 9.17) is 9.15 Å². The van der Waals surface area contributed by atoms with Gasteiger partial charge in [-0.2, -0.15) is 0 Å². The van der Waals surface area contributed by atoms with Crippen molar-refractivity contribution in [2.24, 2.45) is 0 Å². The fourth-order valence-corrected chi connectivity index (χ4v) is 1.79. The Bertz CT molecular complexity index is 537. The lowest BCUT2D eigenvalue weighted by atomic mass is 10.1. The van der Waals surface area contributed by atoms with Gasteiger partial charge in [0.2, 0.25) is 5.89 Å². The topological polar surface area (TPSA) is 72.2 Å². The highest BCUT2D eigenvalue weighted by atomic mass is 16.5. The second kappa shape index (κ2) is 7.64. The molecule has 0 spiro atoms. The molecular formula is C15H22N4O2. The van der Waals surface area contributed by atoms with Crippen LogP contribution in [0.3, 0.4) is 0 Å². The Morgan fingerprint density at radius 2 is 1.95 bits per heavy atom. The maximum atomic E-state index is 5.49. The molecule has 0 aliphatic rings. The number of rotatable bonds is 8. The van der Waals surface area contributed by atoms with Gasteiger partial charge in [-0.05, 0) is 24.1 Å². The van der Waals surface area contributed by atoms with Crippen molar-refractivity contribution in [1.29, 1.82) is 0 Å². The highest BCUT2D eigenvalue weighted by Gasteiger charge is 2.05. The van der Waals surface area contributed by atoms with Crippen LogP contribution in [0.5, 0.6) is 5.75 Å². The average Bonchev–Trinajstić information content (AvgIpc) is 2.94. The SMILES string of the molecule is COc1ccc(CCNc2nnc(CNC(C)C)o2)cc1. The number of nitrogens with zero attached hydrogens (tertiary/aromatic N) is 2. The van der Waals surface area contributed by atoms with Crippen LogP contribution in [0.4, 0.5) is 6.01 Å². The Morgan fingerprint density at radius 1 is 1.19 bits per heavy atom. The van der Waals surface area contributed by atoms with Gasteiger partial charge >= 0.3 is 6.01 Å². The molecule has 6 heteroatoms. The van der Waals surface area contributed by atoms with Crippen LogP contribution in [0.15, 0.2) is 28.7 Å². The van der Waals surface area contributed by atoms with Crippen molar-refractivity contribution in [2.45, 2.75) is 32.9 Å². The van der Waals surface area contributed by atoms with Gasteiger partial charge in [-0.1, -0.05) is 31.1 Å². The second-order valence-electron chi connectivity index (χ2n) is 5.06. The largest absolute Gasteiger partial charge is 0.497 e. The van der Waals surface area contributed by atoms with Gasteiger partial charge in [0.05, 0.1) is 13.7 Å². The molecule has 0 unspecified atom stereocenters. The summed E-state index contributed by atoms with van der Waals surface area (Å²) in [6.07, 6.45) is 0.881. The molecule has 0 aliphatic carbocycles. The first-order chi connectivity index (χ1) is 10.2. The van der Waals surface area contributed by atoms with E-state index in [1.807, 2.05) is 24.3 Å². The van der Waals surface area contributed by atoms with E-state index in [1.54, 1.807) is 7.11 Å². The Labute approximate surface area is 124 Å². The molecule has 0 bridgehead atoms. The molecule has 0 radical (unpaired) electrons. The van der Waals surface area contributed by atoms with Crippen LogP contribution < -0.4 is 15.4 Å². The van der Waals surface area contributed by atoms with Crippen molar-refractivity contribution < 1.29 is 9.15 Å². The highest BCUT2D eigenvalue weighted by molar-refractivity contribution is 5.28. The molecule has 0 fully saturated rings. The number of methoxy groups -OCH3 is 1. The molecule has 0 saturated heterocycles. The van der Waals surface area contributed by atoms with Gasteiger partial charge in [-0.15, -0.1) is 5.10 Å². The fraction of sp³-hybridized carbons (Fsp3) is 0.467. The first kappa shape index (κ1) is 15.3. The van der Waals surface area contributed by atoms with Gasteiger partial charge in [-0.3, -0.25) is 0 Å². The smallest absolute Gasteiger partial charge is 0.315 e. The van der Waals surface area contributed by atoms with Crippen molar-refractivity contribution in [3.8, 4) is 5.75 Å². The number of hydrogen-bond donors (Lipinski definition) is 2. The monoisotopic (exact) mass is 290 g/mol. The third kappa shape index (κ3) is 5.07. The van der Waals surface area contributed by atoms with Crippen molar-refractivity contribution >= 4 is 6.01 Å². The lowest BCUT2D eigenvalue weighted by Gasteiger charge is -2.04. The van der Waals surface area contributed by atoms with Crippen LogP contribution >= 0.6 is 0 Å². The molecular weight excluding hydrogens is 268 g/mol. The Kier molecular flexibility index (Phi) is 5.57. The number of nitrogens with one attached hydrogen (secondary N) is 2. The van der Waals surface area contributed by atoms with Gasteiger partial charge in [0, 0.05) is 12.6 Å². The van der Waals surface area contributed by atoms with Gasteiger partial charge in [0.15, 0.2) is 0 Å². The zero-order chi connectivity index (χ0) is 15.1. The molecule has 0 aliphatic heterocycles. The molecule has 2 aromatic rings. The first-order valence-corrected chi connectivity index (χ1v) is 7.10. The van der Waals surface area contributed by atoms with Crippen molar-refractivity contribution in [1.82, 2.24) is 15.5 Å². The summed E-state index contributed by atoms with van der Waals surface area (Å²) < 4.78 is 10.6. The maximum Gasteiger partial charge on any atom is 0.315 e. The third-order valence-corrected chi connectivity index (χ3v) is 2.98. The molecule has 1 heterocycles. The maximum absolute atomic E-state index is 5.49. The second-order valence-corrected chi connectivity index (χ2v) is 5.06. The summed E-state index contributed by atoms with van der Waals surface area (Å²) >= 11 is 0. The Balaban J connectivity index is 1.75. The normalized spacial score (nSPS) is 10.9. The molecule has 6 nitrogen and oxygen atoms in total. The van der Waals surface area contributed by atoms with E-state index in [-0.39, 0.29) is 0 Å². The van der Waals surface area contributed by atoms with E-state index >= 15 is 0 Å². The zero-order valence-electron chi connectivity index (χ0n) is 12.7. The van der Waals surface area contributed by atoms with E-state index in [2.05, 4.69) is 34.7 Å². The molecule has 0 amide bonds. The van der Waals surface area contributed by atoms with Crippen LogP contribution in [0, 0.1) is 0 Å². The van der Waals surface area contributed by atoms with Crippen LogP contribution in [-0.4, -0.2) is 29.9 Å². The van der Waals surface area contributed by atoms with Crippen LogP contribution in [0.25, 0.3) is 0 Å². The van der Waals surface area contributed by atoms with Crippen molar-refractivity contribution in [3.63, 3.8) is 0 Å². The summed E-state index contributed by atoms with van der Waals surface area (Å²) in [4.78, 5) is 0. The average molecular weight is 290 g/mol. The summed E-state index contributed by atoms with van der Waals surface area (Å²) in [5.41, 5.74) is 1.23. The Hall–Kier alpha value is -2.08. The predicted molar refractivity (Wildman–Crippen MR) is 81.5 cm³/mol. The molecule has 2 N–H and O–H groups in total. The lowest BCUT2D eigenvalue weighted by Crippen LogP contribution is -2.21. The molecule has 0 saturated carbocycles. The number of benzene rings is 1. The van der Waals surface area contributed by atoms with E-state index in [0.29, 0.717) is 24.5 Å². The Morgan fingerprint density at radius 3 is 2.62 bits per heavy atom. The van der Waals surface area contributed by atoms with E-state index in [9.17, 15) is 0 Å². The molecule has 1 aromatic carbocycles. The predicted octanol–water partition coefficient (Wildman–Crippen LogP) is 2.23. The number of aromatic nitrogens is 2. The van der Waals surface area contributed by atoms with Crippen molar-refractivity contribution in [2.75, 3.05) is 19.0 Å². The minimum Gasteiger partial charge on any atom is -0.497 e. The van der Waals surface area contributed by atoms with Gasteiger partial charge in [0.1, 0.15) is 5.75 Å². The molecule has 2 rings (SSSR count). The third-order valence-electron chi connectivity index (χ3n) is 2.98. The number of ether oxygens (including phenoxy) is 1. The van der Waals surface area contributed by atoms with E-state index < -0.39 is 0 Å². The summed E-state index contributed by atoms with van der Waals surface area (Å²) in [5.74, 6) is 1.46.